The lowest BCUT2D eigenvalue weighted by Crippen LogP contribution is -2.48. The van der Waals surface area contributed by atoms with Gasteiger partial charge < -0.3 is 10.0 Å². The number of likely N-dealkylation sites (tertiary alicyclic amines) is 1. The number of carbonyl (C=O) groups excluding carboxylic acids is 1. The average Bonchev–Trinajstić information content (AvgIpc) is 3.03. The number of carbonyl (C=O) groups is 1. The molecular weight excluding hydrogens is 276 g/mol. The molecule has 0 saturated carbocycles. The van der Waals surface area contributed by atoms with Crippen molar-refractivity contribution in [2.45, 2.75) is 45.3 Å². The van der Waals surface area contributed by atoms with Crippen LogP contribution in [0.3, 0.4) is 0 Å². The van der Waals surface area contributed by atoms with E-state index in [1.807, 2.05) is 30.9 Å². The summed E-state index contributed by atoms with van der Waals surface area (Å²) in [5.74, 6) is 0.488. The van der Waals surface area contributed by atoms with Crippen molar-refractivity contribution in [3.05, 3.63) is 29.8 Å². The van der Waals surface area contributed by atoms with E-state index in [1.165, 1.54) is 5.56 Å². The summed E-state index contributed by atoms with van der Waals surface area (Å²) in [7, 11) is 0. The molecule has 1 saturated heterocycles. The Kier molecular flexibility index (Phi) is 4.50. The van der Waals surface area contributed by atoms with E-state index < -0.39 is 0 Å². The van der Waals surface area contributed by atoms with Gasteiger partial charge in [0.2, 0.25) is 5.91 Å². The summed E-state index contributed by atoms with van der Waals surface area (Å²) in [5, 5.41) is 9.75. The van der Waals surface area contributed by atoms with Crippen molar-refractivity contribution < 1.29 is 9.90 Å². The molecule has 0 radical (unpaired) electrons. The van der Waals surface area contributed by atoms with Crippen LogP contribution >= 0.6 is 0 Å². The highest BCUT2D eigenvalue weighted by Crippen LogP contribution is 2.29. The first-order chi connectivity index (χ1) is 10.6. The number of aryl methyl sites for hydroxylation is 1. The minimum Gasteiger partial charge on any atom is -0.393 e. The van der Waals surface area contributed by atoms with Gasteiger partial charge in [0.15, 0.2) is 0 Å². The minimum absolute atomic E-state index is 0.116. The number of para-hydroxylation sites is 1. The van der Waals surface area contributed by atoms with Crippen LogP contribution in [0.25, 0.3) is 0 Å². The van der Waals surface area contributed by atoms with Crippen LogP contribution in [0.5, 0.6) is 0 Å². The van der Waals surface area contributed by atoms with Crippen LogP contribution in [0, 0.1) is 5.92 Å². The maximum Gasteiger partial charge on any atom is 0.244 e. The fraction of sp³-hybridized carbons (Fsp3) is 0.611. The number of fused-ring (bicyclic) bond motifs is 1. The van der Waals surface area contributed by atoms with E-state index in [2.05, 4.69) is 17.0 Å². The van der Waals surface area contributed by atoms with Crippen molar-refractivity contribution in [1.82, 2.24) is 4.90 Å². The molecule has 2 heterocycles. The molecular formula is C18H26N2O2. The van der Waals surface area contributed by atoms with Gasteiger partial charge in [-0.1, -0.05) is 18.2 Å². The molecule has 4 nitrogen and oxygen atoms in total. The molecule has 3 atom stereocenters. The first-order valence-corrected chi connectivity index (χ1v) is 8.39. The zero-order valence-electron chi connectivity index (χ0n) is 13.5. The smallest absolute Gasteiger partial charge is 0.244 e. The number of amides is 1. The van der Waals surface area contributed by atoms with Gasteiger partial charge in [0.05, 0.1) is 12.1 Å². The predicted octanol–water partition coefficient (Wildman–Crippen LogP) is 2.06. The Hall–Kier alpha value is -1.39. The first kappa shape index (κ1) is 15.5. The van der Waals surface area contributed by atoms with Gasteiger partial charge in [0.25, 0.3) is 0 Å². The Morgan fingerprint density at radius 1 is 1.27 bits per heavy atom. The molecule has 4 heteroatoms. The van der Waals surface area contributed by atoms with Gasteiger partial charge in [-0.15, -0.1) is 0 Å². The second-order valence-electron chi connectivity index (χ2n) is 6.68. The summed E-state index contributed by atoms with van der Waals surface area (Å²) in [6.45, 7) is 6.39. The van der Waals surface area contributed by atoms with Gasteiger partial charge in [0, 0.05) is 18.8 Å². The highest BCUT2D eigenvalue weighted by Gasteiger charge is 2.34. The van der Waals surface area contributed by atoms with Gasteiger partial charge in [-0.25, -0.2) is 0 Å². The van der Waals surface area contributed by atoms with E-state index in [0.29, 0.717) is 5.92 Å². The quantitative estimate of drug-likeness (QED) is 0.929. The standard InChI is InChI=1S/C18H26N2O2/c1-13(19-11-9-16(12-19)14(2)21)18(22)20-10-5-7-15-6-3-4-8-17(15)20/h3-4,6,8,13-14,16,21H,5,7,9-12H2,1-2H3. The molecule has 1 aromatic carbocycles. The molecule has 1 fully saturated rings. The van der Waals surface area contributed by atoms with Gasteiger partial charge in [-0.05, 0) is 57.2 Å². The summed E-state index contributed by atoms with van der Waals surface area (Å²) in [4.78, 5) is 17.1. The van der Waals surface area contributed by atoms with Crippen LogP contribution in [-0.4, -0.2) is 47.7 Å². The molecule has 0 aromatic heterocycles. The zero-order valence-corrected chi connectivity index (χ0v) is 13.5. The van der Waals surface area contributed by atoms with E-state index >= 15 is 0 Å². The molecule has 120 valence electrons. The minimum atomic E-state index is -0.289. The third-order valence-electron chi connectivity index (χ3n) is 5.22. The van der Waals surface area contributed by atoms with Gasteiger partial charge in [-0.3, -0.25) is 9.69 Å². The number of aliphatic hydroxyl groups excluding tert-OH is 1. The molecule has 1 aromatic rings. The van der Waals surface area contributed by atoms with Gasteiger partial charge in [0.1, 0.15) is 0 Å². The van der Waals surface area contributed by atoms with Crippen molar-refractivity contribution in [2.24, 2.45) is 5.92 Å². The van der Waals surface area contributed by atoms with Crippen LogP contribution in [0.2, 0.25) is 0 Å². The first-order valence-electron chi connectivity index (χ1n) is 8.39. The largest absolute Gasteiger partial charge is 0.393 e. The molecule has 3 rings (SSSR count). The molecule has 0 bridgehead atoms. The molecule has 2 aliphatic rings. The normalized spacial score (nSPS) is 24.9. The summed E-state index contributed by atoms with van der Waals surface area (Å²) >= 11 is 0. The Morgan fingerprint density at radius 3 is 2.77 bits per heavy atom. The highest BCUT2D eigenvalue weighted by molar-refractivity contribution is 5.98. The third-order valence-corrected chi connectivity index (χ3v) is 5.22. The zero-order chi connectivity index (χ0) is 15.7. The van der Waals surface area contributed by atoms with Gasteiger partial charge in [-0.2, -0.15) is 0 Å². The van der Waals surface area contributed by atoms with Crippen LogP contribution < -0.4 is 4.90 Å². The van der Waals surface area contributed by atoms with Crippen LogP contribution in [0.15, 0.2) is 24.3 Å². The van der Waals surface area contributed by atoms with Crippen molar-refractivity contribution in [3.63, 3.8) is 0 Å². The Balaban J connectivity index is 1.72. The number of aliphatic hydroxyl groups is 1. The summed E-state index contributed by atoms with van der Waals surface area (Å²) in [5.41, 5.74) is 2.36. The molecule has 3 unspecified atom stereocenters. The monoisotopic (exact) mass is 302 g/mol. The van der Waals surface area contributed by atoms with Crippen LogP contribution in [0.1, 0.15) is 32.3 Å². The molecule has 0 spiro atoms. The van der Waals surface area contributed by atoms with Crippen molar-refractivity contribution in [3.8, 4) is 0 Å². The molecule has 2 aliphatic heterocycles. The SMILES string of the molecule is CC(O)C1CCN(C(C)C(=O)N2CCCc3ccccc32)C1. The molecule has 1 amide bonds. The van der Waals surface area contributed by atoms with Crippen molar-refractivity contribution in [2.75, 3.05) is 24.5 Å². The third kappa shape index (κ3) is 2.90. The van der Waals surface area contributed by atoms with E-state index in [0.717, 1.165) is 44.6 Å². The van der Waals surface area contributed by atoms with E-state index in [9.17, 15) is 9.90 Å². The summed E-state index contributed by atoms with van der Waals surface area (Å²) < 4.78 is 0. The second kappa shape index (κ2) is 6.39. The van der Waals surface area contributed by atoms with Crippen LogP contribution in [0.4, 0.5) is 5.69 Å². The Labute approximate surface area is 132 Å². The van der Waals surface area contributed by atoms with E-state index in [1.54, 1.807) is 0 Å². The maximum atomic E-state index is 12.9. The lowest BCUT2D eigenvalue weighted by molar-refractivity contribution is -0.123. The predicted molar refractivity (Wildman–Crippen MR) is 87.9 cm³/mol. The summed E-state index contributed by atoms with van der Waals surface area (Å²) in [6.07, 6.45) is 2.78. The number of anilines is 1. The van der Waals surface area contributed by atoms with Gasteiger partial charge >= 0.3 is 0 Å². The number of nitrogens with zero attached hydrogens (tertiary/aromatic N) is 2. The average molecular weight is 302 g/mol. The lowest BCUT2D eigenvalue weighted by Gasteiger charge is -2.34. The molecule has 1 N–H and O–H groups in total. The fourth-order valence-corrected chi connectivity index (χ4v) is 3.71. The van der Waals surface area contributed by atoms with E-state index in [-0.39, 0.29) is 18.1 Å². The number of hydrogen-bond acceptors (Lipinski definition) is 3. The van der Waals surface area contributed by atoms with Crippen LogP contribution in [-0.2, 0) is 11.2 Å². The lowest BCUT2D eigenvalue weighted by atomic mass is 10.0. The number of hydrogen-bond donors (Lipinski definition) is 1. The fourth-order valence-electron chi connectivity index (χ4n) is 3.71. The van der Waals surface area contributed by atoms with Crippen molar-refractivity contribution in [1.29, 1.82) is 0 Å². The van der Waals surface area contributed by atoms with E-state index in [4.69, 9.17) is 0 Å². The highest BCUT2D eigenvalue weighted by atomic mass is 16.3. The maximum absolute atomic E-state index is 12.9. The number of benzene rings is 1. The topological polar surface area (TPSA) is 43.8 Å². The van der Waals surface area contributed by atoms with Crippen molar-refractivity contribution >= 4 is 11.6 Å². The molecule has 22 heavy (non-hydrogen) atoms. The number of rotatable bonds is 3. The Bertz CT molecular complexity index is 544. The Morgan fingerprint density at radius 2 is 2.05 bits per heavy atom. The summed E-state index contributed by atoms with van der Waals surface area (Å²) in [6, 6.07) is 8.12. The molecule has 0 aliphatic carbocycles. The second-order valence-corrected chi connectivity index (χ2v) is 6.68.